The van der Waals surface area contributed by atoms with Gasteiger partial charge in [0.25, 0.3) is 0 Å². The molecule has 0 fully saturated rings. The Bertz CT molecular complexity index is 129. The van der Waals surface area contributed by atoms with E-state index in [-0.39, 0.29) is 5.78 Å². The van der Waals surface area contributed by atoms with Crippen LogP contribution in [0.25, 0.3) is 0 Å². The molecule has 0 aliphatic rings. The summed E-state index contributed by atoms with van der Waals surface area (Å²) < 4.78 is 0. The van der Waals surface area contributed by atoms with Gasteiger partial charge >= 0.3 is 0 Å². The predicted octanol–water partition coefficient (Wildman–Crippen LogP) is 0.716. The van der Waals surface area contributed by atoms with E-state index in [1.54, 1.807) is 6.92 Å². The van der Waals surface area contributed by atoms with Crippen molar-refractivity contribution < 1.29 is 9.90 Å². The molecule has 1 atom stereocenters. The molecular formula is C6H10O2S. The molecule has 1 unspecified atom stereocenters. The fraction of sp³-hybridized carbons (Fsp3) is 0.667. The lowest BCUT2D eigenvalue weighted by molar-refractivity contribution is -0.111. The van der Waals surface area contributed by atoms with Crippen molar-refractivity contribution in [2.45, 2.75) is 26.4 Å². The van der Waals surface area contributed by atoms with Crippen molar-refractivity contribution in [3.8, 4) is 0 Å². The zero-order valence-electron chi connectivity index (χ0n) is 5.55. The maximum atomic E-state index is 10.4. The van der Waals surface area contributed by atoms with Crippen LogP contribution >= 0.6 is 12.2 Å². The van der Waals surface area contributed by atoms with E-state index in [0.717, 1.165) is 0 Å². The second kappa shape index (κ2) is 3.69. The van der Waals surface area contributed by atoms with Crippen LogP contribution in [0.3, 0.4) is 0 Å². The van der Waals surface area contributed by atoms with E-state index in [2.05, 4.69) is 12.2 Å². The van der Waals surface area contributed by atoms with Crippen LogP contribution < -0.4 is 0 Å². The number of ketones is 1. The number of aliphatic hydroxyl groups is 1. The van der Waals surface area contributed by atoms with Gasteiger partial charge in [0.1, 0.15) is 0 Å². The van der Waals surface area contributed by atoms with Crippen LogP contribution in [0, 0.1) is 0 Å². The van der Waals surface area contributed by atoms with Gasteiger partial charge in [-0.2, -0.15) is 0 Å². The number of Topliss-reactive ketones (excluding diaryl/α,β-unsaturated/α-hetero) is 1. The van der Waals surface area contributed by atoms with Gasteiger partial charge in [-0.1, -0.05) is 12.2 Å². The van der Waals surface area contributed by atoms with Crippen molar-refractivity contribution in [1.29, 1.82) is 0 Å². The number of carbonyl (C=O) groups is 1. The maximum absolute atomic E-state index is 10.4. The average Bonchev–Trinajstić information content (AvgIpc) is 1.63. The number of carbonyl (C=O) groups excluding carboxylic acids is 1. The molecule has 2 nitrogen and oxygen atoms in total. The van der Waals surface area contributed by atoms with Gasteiger partial charge in [-0.05, 0) is 13.8 Å². The summed E-state index contributed by atoms with van der Waals surface area (Å²) in [5.41, 5.74) is 0. The number of hydrogen-bond acceptors (Lipinski definition) is 3. The van der Waals surface area contributed by atoms with Crippen LogP contribution in [0.1, 0.15) is 20.3 Å². The molecule has 0 aromatic heterocycles. The second-order valence-electron chi connectivity index (χ2n) is 2.03. The Kier molecular flexibility index (Phi) is 3.58. The van der Waals surface area contributed by atoms with Gasteiger partial charge in [0.05, 0.1) is 11.0 Å². The zero-order valence-corrected chi connectivity index (χ0v) is 6.36. The smallest absolute Gasteiger partial charge is 0.166 e. The van der Waals surface area contributed by atoms with Crippen molar-refractivity contribution in [2.75, 3.05) is 0 Å². The molecular weight excluding hydrogens is 136 g/mol. The molecule has 0 aliphatic heterocycles. The van der Waals surface area contributed by atoms with Crippen LogP contribution in [-0.2, 0) is 4.79 Å². The third-order valence-corrected chi connectivity index (χ3v) is 1.33. The molecule has 0 saturated heterocycles. The monoisotopic (exact) mass is 146 g/mol. The average molecular weight is 146 g/mol. The van der Waals surface area contributed by atoms with Gasteiger partial charge in [-0.15, -0.1) is 0 Å². The first-order valence-electron chi connectivity index (χ1n) is 2.76. The van der Waals surface area contributed by atoms with Gasteiger partial charge in [0, 0.05) is 6.42 Å². The molecule has 0 heterocycles. The Morgan fingerprint density at radius 2 is 2.22 bits per heavy atom. The summed E-state index contributed by atoms with van der Waals surface area (Å²) in [6.45, 7) is 3.01. The predicted molar refractivity (Wildman–Crippen MR) is 39.6 cm³/mol. The third-order valence-electron chi connectivity index (χ3n) is 0.873. The van der Waals surface area contributed by atoms with Crippen molar-refractivity contribution in [1.82, 2.24) is 0 Å². The summed E-state index contributed by atoms with van der Waals surface area (Å²) in [4.78, 5) is 10.8. The van der Waals surface area contributed by atoms with E-state index in [1.807, 2.05) is 0 Å². The number of thiocarbonyl (C=S) groups is 1. The van der Waals surface area contributed by atoms with Crippen molar-refractivity contribution in [3.63, 3.8) is 0 Å². The van der Waals surface area contributed by atoms with E-state index in [4.69, 9.17) is 5.11 Å². The fourth-order valence-corrected chi connectivity index (χ4v) is 0.653. The minimum atomic E-state index is -0.499. The Labute approximate surface area is 59.9 Å². The minimum Gasteiger partial charge on any atom is -0.393 e. The first-order valence-corrected chi connectivity index (χ1v) is 3.16. The second-order valence-corrected chi connectivity index (χ2v) is 2.53. The number of hydrogen-bond donors (Lipinski definition) is 1. The maximum Gasteiger partial charge on any atom is 0.166 e. The molecule has 0 spiro atoms. The van der Waals surface area contributed by atoms with Crippen LogP contribution in [0.15, 0.2) is 0 Å². The Balaban J connectivity index is 3.65. The van der Waals surface area contributed by atoms with Crippen molar-refractivity contribution >= 4 is 22.9 Å². The van der Waals surface area contributed by atoms with E-state index in [0.29, 0.717) is 11.3 Å². The topological polar surface area (TPSA) is 37.3 Å². The largest absolute Gasteiger partial charge is 0.393 e. The molecule has 0 aliphatic carbocycles. The molecule has 3 heteroatoms. The summed E-state index contributed by atoms with van der Waals surface area (Å²) in [7, 11) is 0. The molecule has 0 aromatic carbocycles. The minimum absolute atomic E-state index is 0.120. The van der Waals surface area contributed by atoms with E-state index >= 15 is 0 Å². The summed E-state index contributed by atoms with van der Waals surface area (Å²) >= 11 is 4.64. The quantitative estimate of drug-likeness (QED) is 0.596. The molecule has 0 rings (SSSR count). The Hall–Kier alpha value is -0.280. The van der Waals surface area contributed by atoms with Gasteiger partial charge in [0.2, 0.25) is 0 Å². The summed E-state index contributed by atoms with van der Waals surface area (Å²) in [6, 6.07) is 0. The first-order chi connectivity index (χ1) is 4.04. The summed E-state index contributed by atoms with van der Waals surface area (Å²) in [6.07, 6.45) is -0.189. The molecule has 0 radical (unpaired) electrons. The van der Waals surface area contributed by atoms with E-state index in [1.165, 1.54) is 6.92 Å². The summed E-state index contributed by atoms with van der Waals surface area (Å²) in [5.74, 6) is -0.120. The van der Waals surface area contributed by atoms with E-state index < -0.39 is 6.10 Å². The lowest BCUT2D eigenvalue weighted by atomic mass is 10.2. The third kappa shape index (κ3) is 4.24. The van der Waals surface area contributed by atoms with Gasteiger partial charge in [-0.25, -0.2) is 0 Å². The van der Waals surface area contributed by atoms with Crippen molar-refractivity contribution in [2.24, 2.45) is 0 Å². The highest BCUT2D eigenvalue weighted by atomic mass is 32.1. The molecule has 0 aromatic rings. The molecule has 9 heavy (non-hydrogen) atoms. The molecule has 0 saturated carbocycles. The standard InChI is InChI=1S/C6H10O2S/c1-4(7)3-6(9)5(2)8/h4,7H,3H2,1-2H3. The van der Waals surface area contributed by atoms with Crippen LogP contribution in [0.2, 0.25) is 0 Å². The highest BCUT2D eigenvalue weighted by Gasteiger charge is 2.05. The van der Waals surface area contributed by atoms with Crippen LogP contribution in [0.4, 0.5) is 0 Å². The fourth-order valence-electron chi connectivity index (χ4n) is 0.412. The van der Waals surface area contributed by atoms with Gasteiger partial charge < -0.3 is 5.11 Å². The van der Waals surface area contributed by atoms with Gasteiger partial charge in [-0.3, -0.25) is 4.79 Å². The van der Waals surface area contributed by atoms with Crippen molar-refractivity contribution in [3.05, 3.63) is 0 Å². The Morgan fingerprint density at radius 3 is 2.33 bits per heavy atom. The first kappa shape index (κ1) is 8.72. The lowest BCUT2D eigenvalue weighted by Gasteiger charge is -2.00. The number of rotatable bonds is 3. The lowest BCUT2D eigenvalue weighted by Crippen LogP contribution is -2.13. The Morgan fingerprint density at radius 1 is 1.78 bits per heavy atom. The summed E-state index contributed by atoms with van der Waals surface area (Å²) in [5, 5.41) is 8.73. The van der Waals surface area contributed by atoms with E-state index in [9.17, 15) is 4.79 Å². The molecule has 0 amide bonds. The molecule has 0 bridgehead atoms. The van der Waals surface area contributed by atoms with Crippen LogP contribution in [-0.4, -0.2) is 21.9 Å². The van der Waals surface area contributed by atoms with Crippen LogP contribution in [0.5, 0.6) is 0 Å². The molecule has 52 valence electrons. The van der Waals surface area contributed by atoms with Gasteiger partial charge in [0.15, 0.2) is 5.78 Å². The highest BCUT2D eigenvalue weighted by Crippen LogP contribution is 1.94. The highest BCUT2D eigenvalue weighted by molar-refractivity contribution is 7.82. The normalized spacial score (nSPS) is 12.8. The molecule has 1 N–H and O–H groups in total. The zero-order chi connectivity index (χ0) is 7.44. The number of aliphatic hydroxyl groups excluding tert-OH is 1. The SMILES string of the molecule is CC(=O)C(=S)CC(C)O.